The molecule has 3 aromatic carbocycles. The lowest BCUT2D eigenvalue weighted by molar-refractivity contribution is -0.122. The zero-order valence-electron chi connectivity index (χ0n) is 16.8. The van der Waals surface area contributed by atoms with Gasteiger partial charge in [-0.2, -0.15) is 0 Å². The van der Waals surface area contributed by atoms with E-state index >= 15 is 0 Å². The number of carbonyl (C=O) groups is 3. The smallest absolute Gasteiger partial charge is 0.273 e. The lowest BCUT2D eigenvalue weighted by atomic mass is 9.97. The van der Waals surface area contributed by atoms with Crippen LogP contribution in [0.3, 0.4) is 0 Å². The Morgan fingerprint density at radius 3 is 2.23 bits per heavy atom. The molecule has 0 bridgehead atoms. The number of benzene rings is 3. The molecule has 0 saturated carbocycles. The van der Waals surface area contributed by atoms with Crippen molar-refractivity contribution < 1.29 is 14.4 Å². The summed E-state index contributed by atoms with van der Waals surface area (Å²) in [7, 11) is 0. The van der Waals surface area contributed by atoms with Crippen molar-refractivity contribution in [2.75, 3.05) is 4.90 Å². The van der Waals surface area contributed by atoms with Gasteiger partial charge in [0, 0.05) is 4.47 Å². The Kier molecular flexibility index (Phi) is 5.82. The average Bonchev–Trinajstić information content (AvgIpc) is 2.75. The number of amides is 4. The topological polar surface area (TPSA) is 66.5 Å². The molecule has 1 heterocycles. The fourth-order valence-corrected chi connectivity index (χ4v) is 3.85. The number of urea groups is 1. The Labute approximate surface area is 188 Å². The van der Waals surface area contributed by atoms with Crippen LogP contribution in [0.1, 0.15) is 22.3 Å². The number of hydrogen-bond acceptors (Lipinski definition) is 3. The van der Waals surface area contributed by atoms with E-state index in [0.717, 1.165) is 31.6 Å². The van der Waals surface area contributed by atoms with Gasteiger partial charge in [0.25, 0.3) is 11.8 Å². The van der Waals surface area contributed by atoms with Crippen molar-refractivity contribution in [3.05, 3.63) is 105 Å². The van der Waals surface area contributed by atoms with Gasteiger partial charge in [-0.25, -0.2) is 9.69 Å². The molecule has 4 rings (SSSR count). The Hall–Kier alpha value is -3.51. The van der Waals surface area contributed by atoms with E-state index in [-0.39, 0.29) is 5.57 Å². The van der Waals surface area contributed by atoms with Crippen LogP contribution < -0.4 is 10.2 Å². The van der Waals surface area contributed by atoms with E-state index < -0.39 is 17.8 Å². The van der Waals surface area contributed by atoms with E-state index in [0.29, 0.717) is 12.1 Å². The molecular weight excluding hydrogens is 456 g/mol. The summed E-state index contributed by atoms with van der Waals surface area (Å²) in [5.41, 5.74) is 4.12. The first-order valence-corrected chi connectivity index (χ1v) is 10.5. The lowest BCUT2D eigenvalue weighted by Gasteiger charge is -2.26. The van der Waals surface area contributed by atoms with Crippen molar-refractivity contribution in [3.8, 4) is 0 Å². The number of nitrogens with zero attached hydrogens (tertiary/aromatic N) is 1. The molecule has 4 amide bonds. The minimum absolute atomic E-state index is 0.0836. The standard InChI is InChI=1S/C25H19BrN2O3/c1-16-10-12-20(13-11-16)28-24(30)21(23(29)27-25(28)31)15-18-7-3-2-6-17(18)14-19-8-4-5-9-22(19)26/h2-13,15H,14H2,1H3,(H,27,29,31)/b21-15+. The molecule has 1 aliphatic rings. The average molecular weight is 475 g/mol. The number of rotatable bonds is 4. The van der Waals surface area contributed by atoms with Crippen LogP contribution in [-0.2, 0) is 16.0 Å². The van der Waals surface area contributed by atoms with Crippen LogP contribution in [0, 0.1) is 6.92 Å². The summed E-state index contributed by atoms with van der Waals surface area (Å²) in [6, 6.07) is 21.7. The normalized spacial score (nSPS) is 15.4. The van der Waals surface area contributed by atoms with Gasteiger partial charge in [-0.1, -0.05) is 76.1 Å². The maximum absolute atomic E-state index is 13.1. The molecule has 0 atom stereocenters. The largest absolute Gasteiger partial charge is 0.335 e. The third kappa shape index (κ3) is 4.34. The Bertz CT molecular complexity index is 1220. The first-order valence-electron chi connectivity index (χ1n) is 9.73. The predicted octanol–water partition coefficient (Wildman–Crippen LogP) is 5.01. The molecule has 5 nitrogen and oxygen atoms in total. The summed E-state index contributed by atoms with van der Waals surface area (Å²) in [5, 5.41) is 2.27. The van der Waals surface area contributed by atoms with E-state index in [4.69, 9.17) is 0 Å². The van der Waals surface area contributed by atoms with E-state index in [2.05, 4.69) is 21.2 Å². The number of anilines is 1. The van der Waals surface area contributed by atoms with E-state index in [1.54, 1.807) is 18.2 Å². The van der Waals surface area contributed by atoms with Crippen molar-refractivity contribution in [1.82, 2.24) is 5.32 Å². The van der Waals surface area contributed by atoms with Crippen molar-refractivity contribution in [2.24, 2.45) is 0 Å². The van der Waals surface area contributed by atoms with Crippen LogP contribution in [0.25, 0.3) is 6.08 Å². The van der Waals surface area contributed by atoms with E-state index in [1.807, 2.05) is 67.6 Å². The van der Waals surface area contributed by atoms with Crippen LogP contribution in [0.15, 0.2) is 82.8 Å². The highest BCUT2D eigenvalue weighted by Gasteiger charge is 2.36. The van der Waals surface area contributed by atoms with E-state index in [1.165, 1.54) is 0 Å². The van der Waals surface area contributed by atoms with Crippen molar-refractivity contribution in [2.45, 2.75) is 13.3 Å². The van der Waals surface area contributed by atoms with Crippen molar-refractivity contribution in [1.29, 1.82) is 0 Å². The number of hydrogen-bond donors (Lipinski definition) is 1. The van der Waals surface area contributed by atoms with Crippen LogP contribution in [-0.4, -0.2) is 17.8 Å². The molecule has 1 aliphatic heterocycles. The van der Waals surface area contributed by atoms with Gasteiger partial charge in [-0.05, 0) is 54.3 Å². The maximum atomic E-state index is 13.1. The zero-order chi connectivity index (χ0) is 22.0. The molecule has 3 aromatic rings. The Morgan fingerprint density at radius 1 is 0.871 bits per heavy atom. The van der Waals surface area contributed by atoms with Gasteiger partial charge in [0.2, 0.25) is 0 Å². The van der Waals surface area contributed by atoms with Gasteiger partial charge >= 0.3 is 6.03 Å². The second-order valence-electron chi connectivity index (χ2n) is 7.26. The maximum Gasteiger partial charge on any atom is 0.335 e. The van der Waals surface area contributed by atoms with E-state index in [9.17, 15) is 14.4 Å². The summed E-state index contributed by atoms with van der Waals surface area (Å²) in [4.78, 5) is 39.0. The van der Waals surface area contributed by atoms with Gasteiger partial charge in [0.15, 0.2) is 0 Å². The molecule has 0 aliphatic carbocycles. The second-order valence-corrected chi connectivity index (χ2v) is 8.11. The van der Waals surface area contributed by atoms with Gasteiger partial charge in [-0.3, -0.25) is 14.9 Å². The monoisotopic (exact) mass is 474 g/mol. The highest BCUT2D eigenvalue weighted by molar-refractivity contribution is 9.10. The molecule has 31 heavy (non-hydrogen) atoms. The summed E-state index contributed by atoms with van der Waals surface area (Å²) >= 11 is 3.56. The van der Waals surface area contributed by atoms with Crippen LogP contribution >= 0.6 is 15.9 Å². The molecular formula is C25H19BrN2O3. The van der Waals surface area contributed by atoms with Gasteiger partial charge < -0.3 is 0 Å². The molecule has 0 radical (unpaired) electrons. The van der Waals surface area contributed by atoms with Gasteiger partial charge in [0.05, 0.1) is 5.69 Å². The molecule has 6 heteroatoms. The van der Waals surface area contributed by atoms with Crippen LogP contribution in [0.4, 0.5) is 10.5 Å². The number of aryl methyl sites for hydroxylation is 1. The minimum Gasteiger partial charge on any atom is -0.273 e. The van der Waals surface area contributed by atoms with Crippen LogP contribution in [0.5, 0.6) is 0 Å². The summed E-state index contributed by atoms with van der Waals surface area (Å²) in [5.74, 6) is -1.35. The van der Waals surface area contributed by atoms with Crippen molar-refractivity contribution in [3.63, 3.8) is 0 Å². The molecule has 1 N–H and O–H groups in total. The first kappa shape index (κ1) is 20.8. The molecule has 154 valence electrons. The molecule has 1 fully saturated rings. The highest BCUT2D eigenvalue weighted by atomic mass is 79.9. The van der Waals surface area contributed by atoms with Crippen molar-refractivity contribution >= 4 is 45.5 Å². The fourth-order valence-electron chi connectivity index (χ4n) is 3.42. The number of carbonyl (C=O) groups excluding carboxylic acids is 3. The number of imide groups is 2. The molecule has 1 saturated heterocycles. The lowest BCUT2D eigenvalue weighted by Crippen LogP contribution is -2.54. The summed E-state index contributed by atoms with van der Waals surface area (Å²) in [6.07, 6.45) is 2.18. The molecule has 0 spiro atoms. The molecule has 0 unspecified atom stereocenters. The minimum atomic E-state index is -0.752. The van der Waals surface area contributed by atoms with Gasteiger partial charge in [0.1, 0.15) is 5.57 Å². The third-order valence-corrected chi connectivity index (χ3v) is 5.86. The molecule has 0 aromatic heterocycles. The SMILES string of the molecule is Cc1ccc(N2C(=O)NC(=O)/C(=C\c3ccccc3Cc3ccccc3Br)C2=O)cc1. The third-order valence-electron chi connectivity index (χ3n) is 5.09. The zero-order valence-corrected chi connectivity index (χ0v) is 18.3. The quantitative estimate of drug-likeness (QED) is 0.426. The Morgan fingerprint density at radius 2 is 1.52 bits per heavy atom. The second kappa shape index (κ2) is 8.70. The summed E-state index contributed by atoms with van der Waals surface area (Å²) in [6.45, 7) is 1.92. The summed E-state index contributed by atoms with van der Waals surface area (Å²) < 4.78 is 0.986. The fraction of sp³-hybridized carbons (Fsp3) is 0.0800. The Balaban J connectivity index is 1.71. The highest BCUT2D eigenvalue weighted by Crippen LogP contribution is 2.25. The number of barbiturate groups is 1. The van der Waals surface area contributed by atoms with Crippen LogP contribution in [0.2, 0.25) is 0 Å². The number of halogens is 1. The van der Waals surface area contributed by atoms with Gasteiger partial charge in [-0.15, -0.1) is 0 Å². The predicted molar refractivity (Wildman–Crippen MR) is 124 cm³/mol. The first-order chi connectivity index (χ1) is 14.9. The number of nitrogens with one attached hydrogen (secondary N) is 1.